The molecule has 8 atom stereocenters. The van der Waals surface area contributed by atoms with Crippen LogP contribution < -0.4 is 0 Å². The summed E-state index contributed by atoms with van der Waals surface area (Å²) >= 11 is 0. The first-order valence-electron chi connectivity index (χ1n) is 13.2. The first-order valence-corrected chi connectivity index (χ1v) is 13.2. The molecule has 5 rings (SSSR count). The predicted octanol–water partition coefficient (Wildman–Crippen LogP) is 5.71. The highest BCUT2D eigenvalue weighted by Crippen LogP contribution is 2.72. The molecule has 1 aliphatic heterocycles. The minimum atomic E-state index is -0.597. The second-order valence-electron chi connectivity index (χ2n) is 12.7. The molecule has 0 amide bonds. The Bertz CT molecular complexity index is 1180. The van der Waals surface area contributed by atoms with E-state index in [0.29, 0.717) is 6.42 Å². The maximum absolute atomic E-state index is 13.0. The van der Waals surface area contributed by atoms with Gasteiger partial charge in [-0.25, -0.2) is 4.79 Å². The van der Waals surface area contributed by atoms with Crippen LogP contribution in [0.1, 0.15) is 79.4 Å². The van der Waals surface area contributed by atoms with Crippen molar-refractivity contribution in [2.45, 2.75) is 86.0 Å². The second-order valence-corrected chi connectivity index (χ2v) is 12.7. The number of cyclic esters (lactones) is 1. The number of allylic oxidation sites excluding steroid dienone is 1. The van der Waals surface area contributed by atoms with Gasteiger partial charge in [-0.2, -0.15) is 0 Å². The summed E-state index contributed by atoms with van der Waals surface area (Å²) in [6.07, 6.45) is 10.1. The number of carbonyl (C=O) groups excluding carboxylic acids is 3. The Morgan fingerprint density at radius 3 is 2.35 bits per heavy atom. The summed E-state index contributed by atoms with van der Waals surface area (Å²) < 4.78 is 23.1. The summed E-state index contributed by atoms with van der Waals surface area (Å²) in [5, 5.41) is 0. The average Bonchev–Trinajstić information content (AvgIpc) is 3.32. The van der Waals surface area contributed by atoms with Crippen molar-refractivity contribution in [1.82, 2.24) is 0 Å². The van der Waals surface area contributed by atoms with Crippen molar-refractivity contribution in [2.75, 3.05) is 0 Å². The zero-order valence-corrected chi connectivity index (χ0v) is 22.8. The highest BCUT2D eigenvalue weighted by atomic mass is 16.6. The Morgan fingerprint density at radius 1 is 1.03 bits per heavy atom. The Morgan fingerprint density at radius 2 is 1.73 bits per heavy atom. The maximum Gasteiger partial charge on any atom is 0.331 e. The molecule has 37 heavy (non-hydrogen) atoms. The van der Waals surface area contributed by atoms with Crippen molar-refractivity contribution < 1.29 is 33.0 Å². The van der Waals surface area contributed by atoms with Gasteiger partial charge in [-0.15, -0.1) is 0 Å². The molecule has 2 fully saturated rings. The number of rotatable bonds is 3. The molecule has 0 saturated heterocycles. The van der Waals surface area contributed by atoms with E-state index < -0.39 is 23.0 Å². The van der Waals surface area contributed by atoms with Crippen molar-refractivity contribution in [2.24, 2.45) is 33.5 Å². The molecule has 1 aromatic rings. The zero-order valence-electron chi connectivity index (χ0n) is 22.8. The van der Waals surface area contributed by atoms with Gasteiger partial charge < -0.3 is 18.6 Å². The van der Waals surface area contributed by atoms with Crippen molar-refractivity contribution in [3.8, 4) is 0 Å². The van der Waals surface area contributed by atoms with Crippen LogP contribution in [0.25, 0.3) is 0 Å². The van der Waals surface area contributed by atoms with Crippen LogP contribution in [0, 0.1) is 33.5 Å². The minimum absolute atomic E-state index is 0.0851. The molecule has 0 spiro atoms. The van der Waals surface area contributed by atoms with Crippen molar-refractivity contribution in [3.63, 3.8) is 0 Å². The van der Waals surface area contributed by atoms with Gasteiger partial charge in [0.1, 0.15) is 18.3 Å². The summed E-state index contributed by atoms with van der Waals surface area (Å²) in [5.74, 6) is -0.863. The van der Waals surface area contributed by atoms with Gasteiger partial charge in [-0.3, -0.25) is 9.59 Å². The van der Waals surface area contributed by atoms with Gasteiger partial charge in [0, 0.05) is 41.7 Å². The maximum atomic E-state index is 13.0. The molecule has 0 bridgehead atoms. The fourth-order valence-corrected chi connectivity index (χ4v) is 8.66. The van der Waals surface area contributed by atoms with E-state index in [9.17, 15) is 14.4 Å². The summed E-state index contributed by atoms with van der Waals surface area (Å²) in [5.41, 5.74) is 0.0988. The van der Waals surface area contributed by atoms with Gasteiger partial charge in [0.15, 0.2) is 0 Å². The van der Waals surface area contributed by atoms with Crippen LogP contribution in [0.15, 0.2) is 46.8 Å². The Balaban J connectivity index is 1.66. The number of carbonyl (C=O) groups is 3. The Kier molecular flexibility index (Phi) is 5.81. The van der Waals surface area contributed by atoms with Crippen LogP contribution in [0.3, 0.4) is 0 Å². The van der Waals surface area contributed by atoms with Crippen LogP contribution in [0.2, 0.25) is 0 Å². The smallest absolute Gasteiger partial charge is 0.331 e. The second kappa shape index (κ2) is 8.34. The van der Waals surface area contributed by atoms with Gasteiger partial charge in [0.2, 0.25) is 0 Å². The fourth-order valence-electron chi connectivity index (χ4n) is 8.66. The number of ether oxygens (including phenoxy) is 3. The molecule has 7 heteroatoms. The standard InChI is InChI=1S/C30H38O7/c1-17(31)35-23-9-12-28(5)20-8-11-29(6)22(15-25(33)37-26(29)19-10-13-34-16-19)30(20,7)24(36-18(2)32)14-21(28)27(23,3)4/h9-10,12-13,15-16,20-21,23-24,26H,8,11,14H2,1-7H3/t20-,21+,23+,24-,26-,28+,29+,30+/m0/s1. The van der Waals surface area contributed by atoms with Crippen LogP contribution in [0.4, 0.5) is 0 Å². The lowest BCUT2D eigenvalue weighted by Gasteiger charge is -2.68. The number of furan rings is 1. The van der Waals surface area contributed by atoms with Gasteiger partial charge in [0.25, 0.3) is 0 Å². The van der Waals surface area contributed by atoms with E-state index in [0.717, 1.165) is 24.0 Å². The molecule has 0 N–H and O–H groups in total. The first kappa shape index (κ1) is 25.8. The highest BCUT2D eigenvalue weighted by molar-refractivity contribution is 5.85. The molecule has 3 aliphatic carbocycles. The lowest BCUT2D eigenvalue weighted by Crippen LogP contribution is -2.65. The van der Waals surface area contributed by atoms with Crippen LogP contribution in [-0.4, -0.2) is 30.1 Å². The summed E-state index contributed by atoms with van der Waals surface area (Å²) in [6, 6.07) is 1.85. The fraction of sp³-hybridized carbons (Fsp3) is 0.633. The molecule has 7 nitrogen and oxygen atoms in total. The third-order valence-corrected chi connectivity index (χ3v) is 10.3. The van der Waals surface area contributed by atoms with E-state index in [1.54, 1.807) is 18.6 Å². The van der Waals surface area contributed by atoms with Gasteiger partial charge >= 0.3 is 17.9 Å². The number of hydrogen-bond donors (Lipinski definition) is 0. The third kappa shape index (κ3) is 3.63. The monoisotopic (exact) mass is 510 g/mol. The van der Waals surface area contributed by atoms with Crippen molar-refractivity contribution in [1.29, 1.82) is 0 Å². The number of fused-ring (bicyclic) bond motifs is 5. The van der Waals surface area contributed by atoms with Crippen molar-refractivity contribution >= 4 is 17.9 Å². The lowest BCUT2D eigenvalue weighted by atomic mass is 9.38. The van der Waals surface area contributed by atoms with Crippen LogP contribution in [-0.2, 0) is 28.6 Å². The van der Waals surface area contributed by atoms with Gasteiger partial charge in [-0.1, -0.05) is 40.7 Å². The number of hydrogen-bond acceptors (Lipinski definition) is 7. The van der Waals surface area contributed by atoms with E-state index in [1.165, 1.54) is 13.8 Å². The third-order valence-electron chi connectivity index (χ3n) is 10.3. The van der Waals surface area contributed by atoms with E-state index in [-0.39, 0.29) is 46.7 Å². The molecule has 4 aliphatic rings. The molecule has 1 aromatic heterocycles. The average molecular weight is 511 g/mol. The van der Waals surface area contributed by atoms with Gasteiger partial charge in [-0.05, 0) is 54.2 Å². The van der Waals surface area contributed by atoms with E-state index in [1.807, 2.05) is 12.1 Å². The Hall–Kier alpha value is -2.83. The SMILES string of the molecule is CC(=O)O[C@H]1C[C@@H]2C(C)(C)[C@H](OC(C)=O)C=C[C@]2(C)[C@@H]2CC[C@]3(C)C(=CC(=O)O[C@H]3c3ccoc3)[C@]12C. The van der Waals surface area contributed by atoms with Crippen LogP contribution >= 0.6 is 0 Å². The molecular formula is C30H38O7. The Labute approximate surface area is 218 Å². The quantitative estimate of drug-likeness (QED) is 0.292. The lowest BCUT2D eigenvalue weighted by molar-refractivity contribution is -0.204. The molecule has 0 unspecified atom stereocenters. The van der Waals surface area contributed by atoms with E-state index in [4.69, 9.17) is 18.6 Å². The zero-order chi connectivity index (χ0) is 27.0. The molecule has 2 saturated carbocycles. The van der Waals surface area contributed by atoms with Crippen LogP contribution in [0.5, 0.6) is 0 Å². The molecule has 2 heterocycles. The normalized spacial score (nSPS) is 41.9. The molecular weight excluding hydrogens is 472 g/mol. The first-order chi connectivity index (χ1) is 17.2. The van der Waals surface area contributed by atoms with Crippen molar-refractivity contribution in [3.05, 3.63) is 48.0 Å². The van der Waals surface area contributed by atoms with E-state index in [2.05, 4.69) is 40.7 Å². The summed E-state index contributed by atoms with van der Waals surface area (Å²) in [4.78, 5) is 37.4. The number of esters is 3. The van der Waals surface area contributed by atoms with Gasteiger partial charge in [0.05, 0.1) is 12.5 Å². The largest absolute Gasteiger partial charge is 0.472 e. The summed E-state index contributed by atoms with van der Waals surface area (Å²) in [7, 11) is 0. The minimum Gasteiger partial charge on any atom is -0.472 e. The predicted molar refractivity (Wildman–Crippen MR) is 135 cm³/mol. The summed E-state index contributed by atoms with van der Waals surface area (Å²) in [6.45, 7) is 13.8. The van der Waals surface area contributed by atoms with E-state index >= 15 is 0 Å². The topological polar surface area (TPSA) is 92.0 Å². The molecule has 200 valence electrons. The highest BCUT2D eigenvalue weighted by Gasteiger charge is 2.69. The molecule has 0 radical (unpaired) electrons. The molecule has 0 aromatic carbocycles.